The van der Waals surface area contributed by atoms with Gasteiger partial charge in [0, 0.05) is 50.8 Å². The molecular weight excluding hydrogens is 384 g/mol. The zero-order valence-electron chi connectivity index (χ0n) is 14.6. The Balaban J connectivity index is 2.31. The fraction of sp³-hybridized carbons (Fsp3) is 0.278. The highest BCUT2D eigenvalue weighted by Gasteiger charge is 2.25. The van der Waals surface area contributed by atoms with E-state index in [0.29, 0.717) is 17.8 Å². The maximum Gasteiger partial charge on any atom is 0.332 e. The van der Waals surface area contributed by atoms with Gasteiger partial charge in [-0.3, -0.25) is 13.9 Å². The van der Waals surface area contributed by atoms with Gasteiger partial charge in [-0.2, -0.15) is 0 Å². The molecule has 0 atom stereocenters. The van der Waals surface area contributed by atoms with E-state index < -0.39 is 0 Å². The van der Waals surface area contributed by atoms with Crippen LogP contribution in [0.25, 0.3) is 0 Å². The molecular formula is C18H19BrN4O2. The first-order valence-electron chi connectivity index (χ1n) is 7.80. The van der Waals surface area contributed by atoms with E-state index in [1.54, 1.807) is 7.05 Å². The van der Waals surface area contributed by atoms with E-state index in [-0.39, 0.29) is 11.2 Å². The fourth-order valence-electron chi connectivity index (χ4n) is 2.93. The zero-order valence-corrected chi connectivity index (χ0v) is 16.2. The van der Waals surface area contributed by atoms with E-state index in [0.717, 1.165) is 25.9 Å². The van der Waals surface area contributed by atoms with Gasteiger partial charge in [-0.15, -0.1) is 0 Å². The van der Waals surface area contributed by atoms with Crippen LogP contribution < -0.4 is 11.2 Å². The third kappa shape index (κ3) is 3.11. The Morgan fingerprint density at radius 2 is 1.76 bits per heavy atom. The van der Waals surface area contributed by atoms with E-state index in [1.807, 2.05) is 49.5 Å². The number of aromatic nitrogens is 2. The number of fused-ring (bicyclic) bond motifs is 1. The number of rotatable bonds is 2. The Morgan fingerprint density at radius 3 is 2.36 bits per heavy atom. The molecule has 0 bridgehead atoms. The van der Waals surface area contributed by atoms with Crippen molar-refractivity contribution in [1.29, 1.82) is 0 Å². The Labute approximate surface area is 153 Å². The van der Waals surface area contributed by atoms with Crippen molar-refractivity contribution in [3.8, 4) is 0 Å². The molecule has 2 aromatic rings. The van der Waals surface area contributed by atoms with Crippen LogP contribution in [0.5, 0.6) is 0 Å². The van der Waals surface area contributed by atoms with Gasteiger partial charge in [-0.1, -0.05) is 28.1 Å². The predicted octanol–water partition coefficient (Wildman–Crippen LogP) is 1.97. The average Bonchev–Trinajstić information content (AvgIpc) is 2.58. The normalized spacial score (nSPS) is 15.1. The maximum absolute atomic E-state index is 12.5. The van der Waals surface area contributed by atoms with Gasteiger partial charge in [0.15, 0.2) is 0 Å². The van der Waals surface area contributed by atoms with Gasteiger partial charge in [0.1, 0.15) is 5.82 Å². The highest BCUT2D eigenvalue weighted by molar-refractivity contribution is 9.10. The van der Waals surface area contributed by atoms with Gasteiger partial charge >= 0.3 is 5.69 Å². The minimum Gasteiger partial charge on any atom is -0.383 e. The van der Waals surface area contributed by atoms with E-state index in [1.165, 1.54) is 11.6 Å². The lowest BCUT2D eigenvalue weighted by molar-refractivity contribution is 0.558. The monoisotopic (exact) mass is 402 g/mol. The molecule has 6 nitrogen and oxygen atoms in total. The number of hydrogen-bond donors (Lipinski definition) is 0. The van der Waals surface area contributed by atoms with Crippen LogP contribution in [0.15, 0.2) is 55.1 Å². The molecule has 0 saturated heterocycles. The molecule has 1 aliphatic heterocycles. The summed E-state index contributed by atoms with van der Waals surface area (Å²) >= 11 is 3.44. The molecule has 0 unspecified atom stereocenters. The van der Waals surface area contributed by atoms with Gasteiger partial charge in [0.05, 0.1) is 11.3 Å². The fourth-order valence-corrected chi connectivity index (χ4v) is 3.19. The summed E-state index contributed by atoms with van der Waals surface area (Å²) < 4.78 is 3.54. The first-order chi connectivity index (χ1) is 11.8. The number of allylic oxidation sites excluding steroid dienone is 1. The molecule has 1 aromatic heterocycles. The molecule has 0 amide bonds. The van der Waals surface area contributed by atoms with Crippen molar-refractivity contribution in [2.75, 3.05) is 14.1 Å². The second kappa shape index (κ2) is 6.48. The van der Waals surface area contributed by atoms with Crippen LogP contribution in [0.3, 0.4) is 0 Å². The van der Waals surface area contributed by atoms with Gasteiger partial charge in [-0.25, -0.2) is 9.79 Å². The van der Waals surface area contributed by atoms with Gasteiger partial charge in [-0.05, 0) is 17.7 Å². The Morgan fingerprint density at radius 1 is 1.12 bits per heavy atom. The molecule has 2 heterocycles. The van der Waals surface area contributed by atoms with Crippen molar-refractivity contribution in [2.24, 2.45) is 19.1 Å². The van der Waals surface area contributed by atoms with Crippen molar-refractivity contribution in [2.45, 2.75) is 6.42 Å². The third-order valence-electron chi connectivity index (χ3n) is 4.15. The molecule has 130 valence electrons. The molecule has 0 aliphatic carbocycles. The molecule has 7 heteroatoms. The second-order valence-corrected chi connectivity index (χ2v) is 7.19. The van der Waals surface area contributed by atoms with Crippen molar-refractivity contribution in [3.05, 3.63) is 72.5 Å². The lowest BCUT2D eigenvalue weighted by Crippen LogP contribution is -2.40. The Kier molecular flexibility index (Phi) is 4.51. The number of nitrogens with zero attached hydrogens (tertiary/aromatic N) is 4. The summed E-state index contributed by atoms with van der Waals surface area (Å²) in [5.74, 6) is 0.432. The summed E-state index contributed by atoms with van der Waals surface area (Å²) in [5, 5.41) is 0. The molecule has 0 N–H and O–H groups in total. The molecule has 0 fully saturated rings. The zero-order chi connectivity index (χ0) is 18.3. The molecule has 1 aliphatic rings. The van der Waals surface area contributed by atoms with Crippen molar-refractivity contribution in [3.63, 3.8) is 0 Å². The highest BCUT2D eigenvalue weighted by atomic mass is 79.9. The standard InChI is InChI=1S/C18H19BrN4O2/c1-21(2)10-12-9-14-16(22(3)18(25)23(4)17(14)24)20-15(12)11-5-7-13(19)8-6-11/h5-8,10H,9H2,1-4H3/b12-10-. The van der Waals surface area contributed by atoms with Gasteiger partial charge in [0.25, 0.3) is 5.56 Å². The molecule has 0 spiro atoms. The lowest BCUT2D eigenvalue weighted by atomic mass is 9.94. The van der Waals surface area contributed by atoms with Crippen molar-refractivity contribution >= 4 is 27.5 Å². The maximum atomic E-state index is 12.5. The number of halogens is 1. The number of benzene rings is 1. The van der Waals surface area contributed by atoms with E-state index >= 15 is 0 Å². The quantitative estimate of drug-likeness (QED) is 0.771. The van der Waals surface area contributed by atoms with Crippen molar-refractivity contribution < 1.29 is 0 Å². The van der Waals surface area contributed by atoms with Gasteiger partial charge in [0.2, 0.25) is 0 Å². The minimum absolute atomic E-state index is 0.290. The number of hydrogen-bond acceptors (Lipinski definition) is 4. The Hall–Kier alpha value is -2.41. The summed E-state index contributed by atoms with van der Waals surface area (Å²) in [7, 11) is 7.00. The van der Waals surface area contributed by atoms with E-state index in [4.69, 9.17) is 4.99 Å². The van der Waals surface area contributed by atoms with E-state index in [9.17, 15) is 9.59 Å². The number of aliphatic imine (C=N–C) groups is 1. The lowest BCUT2D eigenvalue weighted by Gasteiger charge is -2.22. The first-order valence-corrected chi connectivity index (χ1v) is 8.60. The average molecular weight is 403 g/mol. The smallest absolute Gasteiger partial charge is 0.332 e. The largest absolute Gasteiger partial charge is 0.383 e. The van der Waals surface area contributed by atoms with Crippen LogP contribution in [-0.2, 0) is 20.5 Å². The third-order valence-corrected chi connectivity index (χ3v) is 4.67. The summed E-state index contributed by atoms with van der Waals surface area (Å²) in [6.45, 7) is 0. The molecule has 0 saturated carbocycles. The molecule has 0 radical (unpaired) electrons. The van der Waals surface area contributed by atoms with Crippen molar-refractivity contribution in [1.82, 2.24) is 14.0 Å². The van der Waals surface area contributed by atoms with Crippen LogP contribution in [0.1, 0.15) is 11.1 Å². The Bertz CT molecular complexity index is 1010. The summed E-state index contributed by atoms with van der Waals surface area (Å²) in [5.41, 5.74) is 2.53. The second-order valence-electron chi connectivity index (χ2n) is 6.27. The SMILES string of the molecule is CN(C)/C=C1/Cc2c(n(C)c(=O)n(C)c2=O)N=C1c1ccc(Br)cc1. The molecule has 3 rings (SSSR count). The summed E-state index contributed by atoms with van der Waals surface area (Å²) in [6.07, 6.45) is 2.40. The van der Waals surface area contributed by atoms with Crippen LogP contribution >= 0.6 is 15.9 Å². The van der Waals surface area contributed by atoms with Gasteiger partial charge < -0.3 is 4.90 Å². The molecule has 1 aromatic carbocycles. The van der Waals surface area contributed by atoms with Crippen LogP contribution in [0.4, 0.5) is 5.82 Å². The van der Waals surface area contributed by atoms with Crippen LogP contribution in [-0.4, -0.2) is 33.8 Å². The van der Waals surface area contributed by atoms with Crippen LogP contribution in [0.2, 0.25) is 0 Å². The predicted molar refractivity (Wildman–Crippen MR) is 103 cm³/mol. The highest BCUT2D eigenvalue weighted by Crippen LogP contribution is 2.28. The van der Waals surface area contributed by atoms with Crippen LogP contribution in [0, 0.1) is 0 Å². The molecule has 25 heavy (non-hydrogen) atoms. The minimum atomic E-state index is -0.373. The van der Waals surface area contributed by atoms with E-state index in [2.05, 4.69) is 15.9 Å². The summed E-state index contributed by atoms with van der Waals surface area (Å²) in [6, 6.07) is 7.83. The first kappa shape index (κ1) is 17.4. The summed E-state index contributed by atoms with van der Waals surface area (Å²) in [4.78, 5) is 31.4. The topological polar surface area (TPSA) is 59.6 Å².